The van der Waals surface area contributed by atoms with Gasteiger partial charge in [-0.1, -0.05) is 11.6 Å². The zero-order chi connectivity index (χ0) is 18.6. The van der Waals surface area contributed by atoms with E-state index in [1.165, 1.54) is 29.1 Å². The summed E-state index contributed by atoms with van der Waals surface area (Å²) in [5, 5.41) is 4.54. The van der Waals surface area contributed by atoms with Gasteiger partial charge in [0, 0.05) is 16.3 Å². The maximum atomic E-state index is 12.7. The second kappa shape index (κ2) is 8.25. The van der Waals surface area contributed by atoms with Crippen molar-refractivity contribution in [3.8, 4) is 17.0 Å². The van der Waals surface area contributed by atoms with Crippen LogP contribution in [-0.2, 0) is 11.5 Å². The molecule has 0 aliphatic rings. The van der Waals surface area contributed by atoms with Crippen LogP contribution in [0.5, 0.6) is 5.75 Å². The van der Waals surface area contributed by atoms with E-state index in [0.29, 0.717) is 28.6 Å². The molecular formula is C16H22ClF2N3O2S. The first-order valence-corrected chi connectivity index (χ1v) is 10.9. The molecule has 25 heavy (non-hydrogen) atoms. The second-order valence-electron chi connectivity index (χ2n) is 6.30. The number of nitrogen functional groups attached to an aromatic ring is 1. The van der Waals surface area contributed by atoms with Crippen molar-refractivity contribution in [2.45, 2.75) is 13.3 Å². The summed E-state index contributed by atoms with van der Waals surface area (Å²) in [6.07, 6.45) is 8.05. The van der Waals surface area contributed by atoms with Gasteiger partial charge in [-0.15, -0.1) is 0 Å². The summed E-state index contributed by atoms with van der Waals surface area (Å²) in [7, 11) is -0.662. The van der Waals surface area contributed by atoms with Crippen LogP contribution in [0.1, 0.15) is 0 Å². The predicted molar refractivity (Wildman–Crippen MR) is 99.9 cm³/mol. The number of anilines is 1. The van der Waals surface area contributed by atoms with E-state index in [4.69, 9.17) is 22.1 Å². The van der Waals surface area contributed by atoms with Gasteiger partial charge in [0.1, 0.15) is 12.5 Å². The van der Waals surface area contributed by atoms with E-state index in [-0.39, 0.29) is 12.5 Å². The molecule has 0 saturated carbocycles. The fraction of sp³-hybridized carbons (Fsp3) is 0.438. The Morgan fingerprint density at radius 3 is 2.68 bits per heavy atom. The van der Waals surface area contributed by atoms with Crippen LogP contribution in [0.15, 0.2) is 24.4 Å². The summed E-state index contributed by atoms with van der Waals surface area (Å²) in [4.78, 5) is 0. The van der Waals surface area contributed by atoms with Crippen LogP contribution >= 0.6 is 21.6 Å². The van der Waals surface area contributed by atoms with Gasteiger partial charge >= 0.3 is 6.61 Å². The van der Waals surface area contributed by atoms with Crippen LogP contribution in [0.2, 0.25) is 5.02 Å². The van der Waals surface area contributed by atoms with Crippen molar-refractivity contribution in [1.29, 1.82) is 0 Å². The molecular weight excluding hydrogens is 372 g/mol. The Kier molecular flexibility index (Phi) is 6.53. The van der Waals surface area contributed by atoms with Crippen LogP contribution in [-0.4, -0.2) is 47.5 Å². The fourth-order valence-corrected chi connectivity index (χ4v) is 2.93. The third kappa shape index (κ3) is 5.76. The molecule has 9 heteroatoms. The van der Waals surface area contributed by atoms with Gasteiger partial charge in [0.2, 0.25) is 0 Å². The first kappa shape index (κ1) is 19.8. The lowest BCUT2D eigenvalue weighted by Crippen LogP contribution is -2.12. The number of halogens is 3. The van der Waals surface area contributed by atoms with E-state index in [0.717, 1.165) is 5.75 Å². The predicted octanol–water partition coefficient (Wildman–Crippen LogP) is 4.06. The molecule has 1 aromatic heterocycles. The number of ether oxygens (including phenoxy) is 2. The standard InChI is InChI=1S/C16H22ClF2N3O2S/c1-25(2,3)7-6-23-10-22-15(13(20)9-21-22)12-8-11(17)4-5-14(12)24-16(18)19/h4-5,8-9,16H,6-7,10,20H2,1-3H3. The molecule has 2 aromatic rings. The molecule has 0 aliphatic heterocycles. The maximum absolute atomic E-state index is 12.7. The molecule has 0 saturated heterocycles. The van der Waals surface area contributed by atoms with Crippen LogP contribution in [0.4, 0.5) is 14.5 Å². The second-order valence-corrected chi connectivity index (χ2v) is 11.3. The normalized spacial score (nSPS) is 12.6. The lowest BCUT2D eigenvalue weighted by molar-refractivity contribution is -0.0494. The van der Waals surface area contributed by atoms with Crippen molar-refractivity contribution in [1.82, 2.24) is 9.78 Å². The number of nitrogens with zero attached hydrogens (tertiary/aromatic N) is 2. The average molecular weight is 394 g/mol. The van der Waals surface area contributed by atoms with E-state index >= 15 is 0 Å². The van der Waals surface area contributed by atoms with E-state index in [9.17, 15) is 8.78 Å². The lowest BCUT2D eigenvalue weighted by atomic mass is 10.1. The Labute approximate surface area is 152 Å². The summed E-state index contributed by atoms with van der Waals surface area (Å²) >= 11 is 6.01. The minimum absolute atomic E-state index is 0.0213. The molecule has 0 bridgehead atoms. The summed E-state index contributed by atoms with van der Waals surface area (Å²) in [6, 6.07) is 4.37. The van der Waals surface area contributed by atoms with Crippen molar-refractivity contribution in [2.75, 3.05) is 36.9 Å². The minimum atomic E-state index is -2.96. The Bertz CT molecular complexity index is 720. The average Bonchev–Trinajstić information content (AvgIpc) is 2.85. The largest absolute Gasteiger partial charge is 0.434 e. The summed E-state index contributed by atoms with van der Waals surface area (Å²) < 4.78 is 37.1. The van der Waals surface area contributed by atoms with Gasteiger partial charge in [0.15, 0.2) is 0 Å². The van der Waals surface area contributed by atoms with E-state index in [1.54, 1.807) is 0 Å². The van der Waals surface area contributed by atoms with E-state index in [1.807, 2.05) is 0 Å². The number of alkyl halides is 2. The van der Waals surface area contributed by atoms with Crippen LogP contribution in [0.3, 0.4) is 0 Å². The number of hydrogen-bond donors (Lipinski definition) is 1. The molecule has 140 valence electrons. The molecule has 1 heterocycles. The molecule has 0 amide bonds. The highest BCUT2D eigenvalue weighted by Gasteiger charge is 2.18. The molecule has 0 unspecified atom stereocenters. The van der Waals surface area contributed by atoms with Gasteiger partial charge in [-0.2, -0.15) is 13.9 Å². The van der Waals surface area contributed by atoms with E-state index < -0.39 is 16.6 Å². The smallest absolute Gasteiger partial charge is 0.387 e. The van der Waals surface area contributed by atoms with E-state index in [2.05, 4.69) is 28.6 Å². The molecule has 0 atom stereocenters. The number of hydrogen-bond acceptors (Lipinski definition) is 4. The highest BCUT2D eigenvalue weighted by molar-refractivity contribution is 8.32. The Hall–Kier alpha value is -1.51. The monoisotopic (exact) mass is 393 g/mol. The van der Waals surface area contributed by atoms with Gasteiger partial charge < -0.3 is 15.2 Å². The van der Waals surface area contributed by atoms with Crippen LogP contribution in [0.25, 0.3) is 11.3 Å². The van der Waals surface area contributed by atoms with Crippen molar-refractivity contribution in [2.24, 2.45) is 0 Å². The summed E-state index contributed by atoms with van der Waals surface area (Å²) in [5.74, 6) is 0.933. The number of nitrogens with two attached hydrogens (primary N) is 1. The van der Waals surface area contributed by atoms with Crippen molar-refractivity contribution in [3.05, 3.63) is 29.4 Å². The number of rotatable bonds is 8. The molecule has 2 rings (SSSR count). The molecule has 0 spiro atoms. The first-order valence-electron chi connectivity index (χ1n) is 7.47. The van der Waals surface area contributed by atoms with Gasteiger partial charge in [0.25, 0.3) is 0 Å². The number of benzene rings is 1. The summed E-state index contributed by atoms with van der Waals surface area (Å²) in [5.41, 5.74) is 7.07. The third-order valence-corrected chi connectivity index (χ3v) is 4.96. The van der Waals surface area contributed by atoms with Crippen molar-refractivity contribution >= 4 is 27.3 Å². The SMILES string of the molecule is CS(C)(C)CCOCn1ncc(N)c1-c1cc(Cl)ccc1OC(F)F. The Morgan fingerprint density at radius 1 is 1.32 bits per heavy atom. The van der Waals surface area contributed by atoms with Crippen LogP contribution in [0, 0.1) is 0 Å². The molecule has 5 nitrogen and oxygen atoms in total. The summed E-state index contributed by atoms with van der Waals surface area (Å²) in [6.45, 7) is -2.22. The molecule has 1 aromatic carbocycles. The fourth-order valence-electron chi connectivity index (χ4n) is 2.14. The quantitative estimate of drug-likeness (QED) is 0.687. The van der Waals surface area contributed by atoms with Crippen LogP contribution < -0.4 is 10.5 Å². The van der Waals surface area contributed by atoms with Gasteiger partial charge in [-0.3, -0.25) is 0 Å². The Balaban J connectivity index is 2.25. The third-order valence-electron chi connectivity index (χ3n) is 3.33. The highest BCUT2D eigenvalue weighted by Crippen LogP contribution is 2.37. The zero-order valence-electron chi connectivity index (χ0n) is 14.3. The van der Waals surface area contributed by atoms with Crippen molar-refractivity contribution < 1.29 is 18.3 Å². The number of aromatic nitrogens is 2. The first-order chi connectivity index (χ1) is 11.7. The topological polar surface area (TPSA) is 62.3 Å². The molecule has 0 fully saturated rings. The van der Waals surface area contributed by atoms with Gasteiger partial charge in [0.05, 0.1) is 24.2 Å². The molecule has 0 aliphatic carbocycles. The Morgan fingerprint density at radius 2 is 2.04 bits per heavy atom. The van der Waals surface area contributed by atoms with Crippen molar-refractivity contribution in [3.63, 3.8) is 0 Å². The van der Waals surface area contributed by atoms with Gasteiger partial charge in [-0.05, 0) is 37.0 Å². The maximum Gasteiger partial charge on any atom is 0.387 e. The lowest BCUT2D eigenvalue weighted by Gasteiger charge is -2.24. The molecule has 0 radical (unpaired) electrons. The molecule has 2 N–H and O–H groups in total. The zero-order valence-corrected chi connectivity index (χ0v) is 15.9. The minimum Gasteiger partial charge on any atom is -0.434 e. The van der Waals surface area contributed by atoms with Gasteiger partial charge in [-0.25, -0.2) is 14.7 Å². The highest BCUT2D eigenvalue weighted by atomic mass is 35.5.